The second-order valence-electron chi connectivity index (χ2n) is 1.83. The van der Waals surface area contributed by atoms with Gasteiger partial charge in [-0.2, -0.15) is 0 Å². The third-order valence-electron chi connectivity index (χ3n) is 0.685. The molecule has 0 saturated heterocycles. The molecule has 0 fully saturated rings. The molecule has 0 aliphatic heterocycles. The van der Waals surface area contributed by atoms with Gasteiger partial charge in [0.05, 0.1) is 0 Å². The molecule has 0 atom stereocenters. The molecular formula is C7H11N. The first-order valence-electron chi connectivity index (χ1n) is 2.53. The smallest absolute Gasteiger partial charge is 0.0166 e. The van der Waals surface area contributed by atoms with Crippen molar-refractivity contribution >= 4 is 0 Å². The van der Waals surface area contributed by atoms with Crippen LogP contribution in [-0.4, -0.2) is 25.5 Å². The molecule has 0 bridgehead atoms. The Morgan fingerprint density at radius 1 is 1.62 bits per heavy atom. The molecule has 0 saturated carbocycles. The second kappa shape index (κ2) is 4.42. The first-order chi connectivity index (χ1) is 3.77. The molecule has 1 nitrogen and oxygen atoms in total. The third-order valence-corrected chi connectivity index (χ3v) is 0.685. The Morgan fingerprint density at radius 3 is 2.62 bits per heavy atom. The van der Waals surface area contributed by atoms with Gasteiger partial charge in [-0.15, -0.1) is 6.42 Å². The minimum atomic E-state index is 0.921. The zero-order chi connectivity index (χ0) is 6.41. The lowest BCUT2D eigenvalue weighted by Crippen LogP contribution is -2.10. The summed E-state index contributed by atoms with van der Waals surface area (Å²) in [6, 6.07) is 0. The average molecular weight is 109 g/mol. The first kappa shape index (κ1) is 7.26. The van der Waals surface area contributed by atoms with Crippen molar-refractivity contribution in [1.82, 2.24) is 4.90 Å². The molecule has 0 aromatic rings. The van der Waals surface area contributed by atoms with E-state index in [0.29, 0.717) is 0 Å². The fourth-order valence-corrected chi connectivity index (χ4v) is 0.332. The summed E-state index contributed by atoms with van der Waals surface area (Å²) in [5.41, 5.74) is 0. The van der Waals surface area contributed by atoms with Crippen LogP contribution < -0.4 is 0 Å². The fraction of sp³-hybridized carbons (Fsp3) is 0.429. The Bertz CT molecular complexity index is 106. The van der Waals surface area contributed by atoms with Crippen LogP contribution in [0, 0.1) is 12.3 Å². The molecule has 0 N–H and O–H groups in total. The summed E-state index contributed by atoms with van der Waals surface area (Å²) < 4.78 is 0. The minimum Gasteiger partial charge on any atom is -0.306 e. The van der Waals surface area contributed by atoms with Crippen LogP contribution in [0.3, 0.4) is 0 Å². The van der Waals surface area contributed by atoms with Crippen LogP contribution in [0.1, 0.15) is 0 Å². The van der Waals surface area contributed by atoms with Gasteiger partial charge in [0.15, 0.2) is 0 Å². The van der Waals surface area contributed by atoms with E-state index in [4.69, 9.17) is 6.42 Å². The Morgan fingerprint density at radius 2 is 2.25 bits per heavy atom. The lowest BCUT2D eigenvalue weighted by molar-refractivity contribution is 0.456. The van der Waals surface area contributed by atoms with E-state index in [1.807, 2.05) is 25.1 Å². The van der Waals surface area contributed by atoms with E-state index in [2.05, 4.69) is 5.92 Å². The van der Waals surface area contributed by atoms with E-state index in [0.717, 1.165) is 6.54 Å². The van der Waals surface area contributed by atoms with E-state index < -0.39 is 0 Å². The molecular weight excluding hydrogens is 98.1 g/mol. The molecule has 8 heavy (non-hydrogen) atoms. The normalized spacial score (nSPS) is 10.2. The Hall–Kier alpha value is -0.740. The lowest BCUT2D eigenvalue weighted by Gasteiger charge is -2.01. The summed E-state index contributed by atoms with van der Waals surface area (Å²) in [5, 5.41) is 0. The molecule has 0 aromatic heterocycles. The second-order valence-corrected chi connectivity index (χ2v) is 1.83. The highest BCUT2D eigenvalue weighted by Crippen LogP contribution is 1.74. The van der Waals surface area contributed by atoms with Gasteiger partial charge >= 0.3 is 0 Å². The highest BCUT2D eigenvalue weighted by Gasteiger charge is 1.77. The van der Waals surface area contributed by atoms with Crippen molar-refractivity contribution in [2.75, 3.05) is 20.6 Å². The standard InChI is InChI=1S/C7H11N/c1-4-5-6-7-8(2)3/h1,5-6H,7H2,2-3H3/b6-5+. The summed E-state index contributed by atoms with van der Waals surface area (Å²) in [6.07, 6.45) is 8.61. The van der Waals surface area contributed by atoms with Gasteiger partial charge < -0.3 is 4.90 Å². The molecule has 0 aliphatic carbocycles. The number of terminal acetylenes is 1. The molecule has 0 rings (SSSR count). The molecule has 0 aromatic carbocycles. The molecule has 0 heterocycles. The van der Waals surface area contributed by atoms with Gasteiger partial charge in [0.1, 0.15) is 0 Å². The highest BCUT2D eigenvalue weighted by atomic mass is 15.0. The fourth-order valence-electron chi connectivity index (χ4n) is 0.332. The predicted molar refractivity (Wildman–Crippen MR) is 36.5 cm³/mol. The van der Waals surface area contributed by atoms with Crippen molar-refractivity contribution < 1.29 is 0 Å². The predicted octanol–water partition coefficient (Wildman–Crippen LogP) is 0.737. The molecule has 1 heteroatoms. The van der Waals surface area contributed by atoms with Crippen molar-refractivity contribution in [3.05, 3.63) is 12.2 Å². The summed E-state index contributed by atoms with van der Waals surface area (Å²) in [7, 11) is 4.00. The summed E-state index contributed by atoms with van der Waals surface area (Å²) >= 11 is 0. The van der Waals surface area contributed by atoms with Gasteiger partial charge in [-0.25, -0.2) is 0 Å². The third kappa shape index (κ3) is 5.26. The summed E-state index contributed by atoms with van der Waals surface area (Å²) in [4.78, 5) is 2.05. The van der Waals surface area contributed by atoms with Crippen LogP contribution in [0.4, 0.5) is 0 Å². The van der Waals surface area contributed by atoms with Gasteiger partial charge in [0.2, 0.25) is 0 Å². The van der Waals surface area contributed by atoms with Crippen molar-refractivity contribution in [1.29, 1.82) is 0 Å². The number of nitrogens with zero attached hydrogens (tertiary/aromatic N) is 1. The van der Waals surface area contributed by atoms with E-state index in [-0.39, 0.29) is 0 Å². The molecule has 0 spiro atoms. The van der Waals surface area contributed by atoms with Gasteiger partial charge in [0, 0.05) is 6.54 Å². The van der Waals surface area contributed by atoms with Crippen molar-refractivity contribution in [2.45, 2.75) is 0 Å². The van der Waals surface area contributed by atoms with Crippen molar-refractivity contribution in [2.24, 2.45) is 0 Å². The molecule has 44 valence electrons. The van der Waals surface area contributed by atoms with E-state index in [1.165, 1.54) is 0 Å². The Balaban J connectivity index is 3.19. The SMILES string of the molecule is C#C/C=C/CN(C)C. The summed E-state index contributed by atoms with van der Waals surface area (Å²) in [5.74, 6) is 2.42. The Kier molecular flexibility index (Phi) is 4.01. The number of hydrogen-bond donors (Lipinski definition) is 0. The number of rotatable bonds is 2. The zero-order valence-corrected chi connectivity index (χ0v) is 5.39. The monoisotopic (exact) mass is 109 g/mol. The topological polar surface area (TPSA) is 3.24 Å². The maximum absolute atomic E-state index is 4.96. The van der Waals surface area contributed by atoms with Crippen LogP contribution in [0.15, 0.2) is 12.2 Å². The molecule has 0 aliphatic rings. The van der Waals surface area contributed by atoms with E-state index in [9.17, 15) is 0 Å². The average Bonchev–Trinajstić information content (AvgIpc) is 1.66. The van der Waals surface area contributed by atoms with Crippen LogP contribution in [0.25, 0.3) is 0 Å². The maximum Gasteiger partial charge on any atom is 0.0166 e. The van der Waals surface area contributed by atoms with Gasteiger partial charge in [-0.05, 0) is 20.2 Å². The van der Waals surface area contributed by atoms with Crippen LogP contribution in [0.2, 0.25) is 0 Å². The number of likely N-dealkylation sites (N-methyl/N-ethyl adjacent to an activating group) is 1. The van der Waals surface area contributed by atoms with Crippen molar-refractivity contribution in [3.8, 4) is 12.3 Å². The van der Waals surface area contributed by atoms with Gasteiger partial charge in [0.25, 0.3) is 0 Å². The van der Waals surface area contributed by atoms with Gasteiger partial charge in [-0.1, -0.05) is 12.0 Å². The van der Waals surface area contributed by atoms with Gasteiger partial charge in [-0.3, -0.25) is 0 Å². The summed E-state index contributed by atoms with van der Waals surface area (Å²) in [6.45, 7) is 0.921. The number of hydrogen-bond acceptors (Lipinski definition) is 1. The van der Waals surface area contributed by atoms with Crippen molar-refractivity contribution in [3.63, 3.8) is 0 Å². The lowest BCUT2D eigenvalue weighted by atomic mass is 10.5. The highest BCUT2D eigenvalue weighted by molar-refractivity contribution is 5.09. The Labute approximate surface area is 51.0 Å². The quantitative estimate of drug-likeness (QED) is 0.473. The maximum atomic E-state index is 4.96. The van der Waals surface area contributed by atoms with E-state index in [1.54, 1.807) is 6.08 Å². The van der Waals surface area contributed by atoms with Crippen LogP contribution in [-0.2, 0) is 0 Å². The molecule has 0 unspecified atom stereocenters. The van der Waals surface area contributed by atoms with Crippen LogP contribution in [0.5, 0.6) is 0 Å². The number of allylic oxidation sites excluding steroid dienone is 1. The van der Waals surface area contributed by atoms with Crippen LogP contribution >= 0.6 is 0 Å². The zero-order valence-electron chi connectivity index (χ0n) is 5.39. The molecule has 0 radical (unpaired) electrons. The van der Waals surface area contributed by atoms with E-state index >= 15 is 0 Å². The molecule has 0 amide bonds. The minimum absolute atomic E-state index is 0.921. The first-order valence-corrected chi connectivity index (χ1v) is 2.53. The largest absolute Gasteiger partial charge is 0.306 e.